The van der Waals surface area contributed by atoms with E-state index < -0.39 is 5.60 Å². The van der Waals surface area contributed by atoms with Gasteiger partial charge in [-0.25, -0.2) is 0 Å². The largest absolute Gasteiger partial charge is 0.496 e. The summed E-state index contributed by atoms with van der Waals surface area (Å²) in [4.78, 5) is 2.35. The van der Waals surface area contributed by atoms with E-state index in [1.54, 1.807) is 7.11 Å². The van der Waals surface area contributed by atoms with Gasteiger partial charge in [-0.2, -0.15) is 0 Å². The first kappa shape index (κ1) is 17.2. The summed E-state index contributed by atoms with van der Waals surface area (Å²) in [7, 11) is 1.67. The van der Waals surface area contributed by atoms with Crippen molar-refractivity contribution in [3.05, 3.63) is 53.1 Å². The average molecular weight is 355 g/mol. The van der Waals surface area contributed by atoms with Crippen molar-refractivity contribution in [3.63, 3.8) is 0 Å². The van der Waals surface area contributed by atoms with E-state index in [-0.39, 0.29) is 6.79 Å². The third-order valence-corrected chi connectivity index (χ3v) is 5.44. The van der Waals surface area contributed by atoms with Crippen LogP contribution >= 0.6 is 0 Å². The summed E-state index contributed by atoms with van der Waals surface area (Å²) < 4.78 is 16.4. The second kappa shape index (κ2) is 6.82. The van der Waals surface area contributed by atoms with Gasteiger partial charge in [-0.1, -0.05) is 29.8 Å². The first-order valence-electron chi connectivity index (χ1n) is 9.06. The Morgan fingerprint density at radius 2 is 1.73 bits per heavy atom. The van der Waals surface area contributed by atoms with Gasteiger partial charge >= 0.3 is 0 Å². The van der Waals surface area contributed by atoms with Crippen LogP contribution in [0.3, 0.4) is 0 Å². The van der Waals surface area contributed by atoms with Crippen molar-refractivity contribution in [3.8, 4) is 17.2 Å². The second-order valence-corrected chi connectivity index (χ2v) is 7.19. The number of methoxy groups -OCH3 is 1. The molecule has 1 N–H and O–H groups in total. The Kier molecular flexibility index (Phi) is 4.51. The molecule has 2 aliphatic rings. The van der Waals surface area contributed by atoms with Gasteiger partial charge in [0.1, 0.15) is 5.75 Å². The van der Waals surface area contributed by atoms with Crippen LogP contribution in [0.2, 0.25) is 0 Å². The molecule has 0 aliphatic carbocycles. The van der Waals surface area contributed by atoms with E-state index in [0.29, 0.717) is 0 Å². The Balaban J connectivity index is 1.45. The number of piperidine rings is 1. The molecule has 2 aromatic carbocycles. The number of ether oxygens (including phenoxy) is 3. The molecule has 0 radical (unpaired) electrons. The van der Waals surface area contributed by atoms with E-state index in [0.717, 1.165) is 60.9 Å². The lowest BCUT2D eigenvalue weighted by atomic mass is 9.84. The number of hydrogen-bond acceptors (Lipinski definition) is 5. The van der Waals surface area contributed by atoms with Crippen LogP contribution in [0.4, 0.5) is 0 Å². The van der Waals surface area contributed by atoms with E-state index >= 15 is 0 Å². The molecule has 138 valence electrons. The molecule has 5 heteroatoms. The minimum Gasteiger partial charge on any atom is -0.496 e. The Morgan fingerprint density at radius 1 is 1.08 bits per heavy atom. The zero-order valence-corrected chi connectivity index (χ0v) is 15.3. The number of fused-ring (bicyclic) bond motifs is 1. The third kappa shape index (κ3) is 3.24. The number of rotatable bonds is 4. The summed E-state index contributed by atoms with van der Waals surface area (Å²) in [6.45, 7) is 4.76. The molecule has 0 amide bonds. The lowest BCUT2D eigenvalue weighted by Gasteiger charge is -2.38. The van der Waals surface area contributed by atoms with Gasteiger partial charge in [-0.05, 0) is 31.4 Å². The molecule has 0 spiro atoms. The third-order valence-electron chi connectivity index (χ3n) is 5.44. The van der Waals surface area contributed by atoms with Crippen LogP contribution in [0.5, 0.6) is 17.2 Å². The summed E-state index contributed by atoms with van der Waals surface area (Å²) in [5, 5.41) is 11.1. The lowest BCUT2D eigenvalue weighted by molar-refractivity contribution is -0.0278. The smallest absolute Gasteiger partial charge is 0.231 e. The van der Waals surface area contributed by atoms with Crippen LogP contribution in [0.25, 0.3) is 0 Å². The molecule has 0 unspecified atom stereocenters. The van der Waals surface area contributed by atoms with E-state index in [1.165, 1.54) is 5.56 Å². The number of hydrogen-bond donors (Lipinski definition) is 1. The van der Waals surface area contributed by atoms with Crippen molar-refractivity contribution in [2.24, 2.45) is 0 Å². The maximum Gasteiger partial charge on any atom is 0.231 e. The summed E-state index contributed by atoms with van der Waals surface area (Å²) in [5.41, 5.74) is 2.58. The molecular weight excluding hydrogens is 330 g/mol. The first-order chi connectivity index (χ1) is 12.6. The number of benzene rings is 2. The molecule has 0 atom stereocenters. The average Bonchev–Trinajstić information content (AvgIpc) is 3.11. The van der Waals surface area contributed by atoms with Gasteiger partial charge in [0.25, 0.3) is 0 Å². The Morgan fingerprint density at radius 3 is 2.38 bits per heavy atom. The predicted molar refractivity (Wildman–Crippen MR) is 98.7 cm³/mol. The molecule has 26 heavy (non-hydrogen) atoms. The highest BCUT2D eigenvalue weighted by Crippen LogP contribution is 2.39. The highest BCUT2D eigenvalue weighted by Gasteiger charge is 2.34. The van der Waals surface area contributed by atoms with Crippen molar-refractivity contribution in [2.45, 2.75) is 31.9 Å². The van der Waals surface area contributed by atoms with E-state index in [2.05, 4.69) is 24.0 Å². The number of nitrogens with zero attached hydrogens (tertiary/aromatic N) is 1. The van der Waals surface area contributed by atoms with Crippen molar-refractivity contribution < 1.29 is 19.3 Å². The lowest BCUT2D eigenvalue weighted by Crippen LogP contribution is -2.42. The standard InChI is InChI=1S/C21H25NO4/c1-15-3-5-17(6-4-15)21(23)7-9-22(10-8-21)13-16-11-19-20(26-14-25-19)12-18(16)24-2/h3-6,11-12,23H,7-10,13-14H2,1-2H3. The molecule has 5 nitrogen and oxygen atoms in total. The molecule has 1 saturated heterocycles. The summed E-state index contributed by atoms with van der Waals surface area (Å²) in [6, 6.07) is 12.1. The molecule has 2 aliphatic heterocycles. The normalized spacial score (nSPS) is 18.7. The molecule has 4 rings (SSSR count). The Labute approximate surface area is 154 Å². The second-order valence-electron chi connectivity index (χ2n) is 7.19. The minimum absolute atomic E-state index is 0.259. The van der Waals surface area contributed by atoms with Crippen molar-refractivity contribution in [1.29, 1.82) is 0 Å². The van der Waals surface area contributed by atoms with Crippen LogP contribution in [0.15, 0.2) is 36.4 Å². The highest BCUT2D eigenvalue weighted by molar-refractivity contribution is 5.51. The molecule has 1 fully saturated rings. The zero-order chi connectivity index (χ0) is 18.1. The summed E-state index contributed by atoms with van der Waals surface area (Å²) in [5.74, 6) is 2.32. The molecule has 2 aromatic rings. The highest BCUT2D eigenvalue weighted by atomic mass is 16.7. The summed E-state index contributed by atoms with van der Waals surface area (Å²) in [6.07, 6.45) is 1.45. The fourth-order valence-corrected chi connectivity index (χ4v) is 3.75. The summed E-state index contributed by atoms with van der Waals surface area (Å²) >= 11 is 0. The SMILES string of the molecule is COc1cc2c(cc1CN1CCC(O)(c3ccc(C)cc3)CC1)OCO2. The van der Waals surface area contributed by atoms with E-state index in [4.69, 9.17) is 14.2 Å². The predicted octanol–water partition coefficient (Wildman–Crippen LogP) is 3.22. The number of likely N-dealkylation sites (tertiary alicyclic amines) is 1. The van der Waals surface area contributed by atoms with Gasteiger partial charge in [-0.15, -0.1) is 0 Å². The van der Waals surface area contributed by atoms with Crippen molar-refractivity contribution >= 4 is 0 Å². The van der Waals surface area contributed by atoms with Gasteiger partial charge in [0.05, 0.1) is 12.7 Å². The Bertz CT molecular complexity index is 779. The van der Waals surface area contributed by atoms with E-state index in [9.17, 15) is 5.11 Å². The van der Waals surface area contributed by atoms with Gasteiger partial charge < -0.3 is 19.3 Å². The molecule has 2 heterocycles. The number of aliphatic hydroxyl groups is 1. The monoisotopic (exact) mass is 355 g/mol. The zero-order valence-electron chi connectivity index (χ0n) is 15.3. The molecule has 0 bridgehead atoms. The van der Waals surface area contributed by atoms with Crippen LogP contribution in [-0.2, 0) is 12.1 Å². The van der Waals surface area contributed by atoms with Crippen molar-refractivity contribution in [1.82, 2.24) is 4.90 Å². The minimum atomic E-state index is -0.733. The van der Waals surface area contributed by atoms with Crippen LogP contribution < -0.4 is 14.2 Å². The fourth-order valence-electron chi connectivity index (χ4n) is 3.75. The van der Waals surface area contributed by atoms with Gasteiger partial charge in [-0.3, -0.25) is 4.90 Å². The quantitative estimate of drug-likeness (QED) is 0.913. The van der Waals surface area contributed by atoms with Crippen LogP contribution in [-0.4, -0.2) is 37.0 Å². The maximum atomic E-state index is 11.1. The van der Waals surface area contributed by atoms with Crippen LogP contribution in [0.1, 0.15) is 29.5 Å². The van der Waals surface area contributed by atoms with Gasteiger partial charge in [0, 0.05) is 31.3 Å². The van der Waals surface area contributed by atoms with Gasteiger partial charge in [0.15, 0.2) is 11.5 Å². The Hall–Kier alpha value is -2.24. The van der Waals surface area contributed by atoms with Gasteiger partial charge in [0.2, 0.25) is 6.79 Å². The maximum absolute atomic E-state index is 11.1. The first-order valence-corrected chi connectivity index (χ1v) is 9.06. The van der Waals surface area contributed by atoms with Crippen LogP contribution in [0, 0.1) is 6.92 Å². The topological polar surface area (TPSA) is 51.2 Å². The molecular formula is C21H25NO4. The van der Waals surface area contributed by atoms with E-state index in [1.807, 2.05) is 24.3 Å². The van der Waals surface area contributed by atoms with Crippen molar-refractivity contribution in [2.75, 3.05) is 27.0 Å². The molecule has 0 aromatic heterocycles. The molecule has 0 saturated carbocycles. The fraction of sp³-hybridized carbons (Fsp3) is 0.429. The number of aryl methyl sites for hydroxylation is 1.